The molecule has 0 aliphatic carbocycles. The molecule has 0 atom stereocenters. The number of fused-ring (bicyclic) bond motifs is 1. The second-order valence-corrected chi connectivity index (χ2v) is 4.23. The van der Waals surface area contributed by atoms with Crippen molar-refractivity contribution in [2.75, 3.05) is 6.54 Å². The normalized spacial score (nSPS) is 14.3. The molecule has 19 heavy (non-hydrogen) atoms. The molecular weight excluding hydrogens is 254 g/mol. The van der Waals surface area contributed by atoms with Crippen molar-refractivity contribution in [3.63, 3.8) is 0 Å². The molecule has 0 unspecified atom stereocenters. The predicted molar refractivity (Wildman–Crippen MR) is 61.1 cm³/mol. The number of nitrogens with zero attached hydrogens (tertiary/aromatic N) is 4. The van der Waals surface area contributed by atoms with Crippen LogP contribution in [0.15, 0.2) is 24.7 Å². The number of carbonyl (C=O) groups is 1. The van der Waals surface area contributed by atoms with E-state index >= 15 is 0 Å². The zero-order valence-corrected chi connectivity index (χ0v) is 9.88. The quantitative estimate of drug-likeness (QED) is 0.727. The molecule has 0 radical (unpaired) electrons. The average molecular weight is 264 g/mol. The largest absolute Gasteiger partial charge is 0.332 e. The number of rotatable bonds is 1. The number of halogens is 2. The van der Waals surface area contributed by atoms with Crippen LogP contribution >= 0.6 is 0 Å². The zero-order chi connectivity index (χ0) is 13.4. The second-order valence-electron chi connectivity index (χ2n) is 4.23. The van der Waals surface area contributed by atoms with Crippen molar-refractivity contribution in [1.29, 1.82) is 0 Å². The summed E-state index contributed by atoms with van der Waals surface area (Å²) in [6.45, 7) is 1.32. The minimum absolute atomic E-state index is 0.287. The highest BCUT2D eigenvalue weighted by Crippen LogP contribution is 2.16. The van der Waals surface area contributed by atoms with Crippen molar-refractivity contribution in [1.82, 2.24) is 19.4 Å². The first-order valence-corrected chi connectivity index (χ1v) is 5.76. The summed E-state index contributed by atoms with van der Waals surface area (Å²) in [7, 11) is 0. The van der Waals surface area contributed by atoms with E-state index in [1.807, 2.05) is 10.8 Å². The molecule has 1 amide bonds. The Labute approximate surface area is 107 Å². The van der Waals surface area contributed by atoms with Crippen LogP contribution in [0.25, 0.3) is 0 Å². The van der Waals surface area contributed by atoms with Gasteiger partial charge in [-0.2, -0.15) is 4.39 Å². The predicted octanol–water partition coefficient (Wildman–Crippen LogP) is 1.21. The van der Waals surface area contributed by atoms with Crippen molar-refractivity contribution in [2.24, 2.45) is 0 Å². The molecule has 0 spiro atoms. The van der Waals surface area contributed by atoms with Gasteiger partial charge in [0.2, 0.25) is 5.95 Å². The van der Waals surface area contributed by atoms with E-state index in [1.54, 1.807) is 6.20 Å². The Morgan fingerprint density at radius 3 is 2.89 bits per heavy atom. The second kappa shape index (κ2) is 4.42. The molecule has 5 nitrogen and oxygen atoms in total. The highest BCUT2D eigenvalue weighted by atomic mass is 19.2. The van der Waals surface area contributed by atoms with Gasteiger partial charge in [0.25, 0.3) is 5.91 Å². The fourth-order valence-electron chi connectivity index (χ4n) is 2.10. The van der Waals surface area contributed by atoms with Crippen LogP contribution in [0.3, 0.4) is 0 Å². The Bertz CT molecular complexity index is 640. The van der Waals surface area contributed by atoms with E-state index in [0.717, 1.165) is 12.0 Å². The summed E-state index contributed by atoms with van der Waals surface area (Å²) in [5.74, 6) is -2.28. The molecule has 0 N–H and O–H groups in total. The molecule has 2 aromatic heterocycles. The van der Waals surface area contributed by atoms with E-state index in [2.05, 4.69) is 9.97 Å². The summed E-state index contributed by atoms with van der Waals surface area (Å²) in [5, 5.41) is 0. The lowest BCUT2D eigenvalue weighted by Gasteiger charge is -2.27. The SMILES string of the molecule is O=C(c1ccnc(F)c1F)N1CCn2ccnc2C1. The number of pyridine rings is 1. The number of hydrogen-bond donors (Lipinski definition) is 0. The lowest BCUT2D eigenvalue weighted by Crippen LogP contribution is -2.38. The van der Waals surface area contributed by atoms with E-state index in [9.17, 15) is 13.6 Å². The summed E-state index contributed by atoms with van der Waals surface area (Å²) >= 11 is 0. The standard InChI is InChI=1S/C12H10F2N4O/c13-10-8(1-2-16-11(10)14)12(19)18-6-5-17-4-3-15-9(17)7-18/h1-4H,5-7H2. The first-order chi connectivity index (χ1) is 9.16. The van der Waals surface area contributed by atoms with Crippen molar-refractivity contribution in [2.45, 2.75) is 13.1 Å². The van der Waals surface area contributed by atoms with Crippen molar-refractivity contribution in [3.8, 4) is 0 Å². The molecule has 3 rings (SSSR count). The molecule has 7 heteroatoms. The van der Waals surface area contributed by atoms with Crippen molar-refractivity contribution >= 4 is 5.91 Å². The van der Waals surface area contributed by atoms with E-state index in [0.29, 0.717) is 13.1 Å². The molecule has 1 aliphatic heterocycles. The minimum Gasteiger partial charge on any atom is -0.332 e. The first kappa shape index (κ1) is 11.8. The van der Waals surface area contributed by atoms with Gasteiger partial charge in [0.15, 0.2) is 5.82 Å². The van der Waals surface area contributed by atoms with Crippen LogP contribution < -0.4 is 0 Å². The fourth-order valence-corrected chi connectivity index (χ4v) is 2.10. The maximum absolute atomic E-state index is 13.5. The first-order valence-electron chi connectivity index (χ1n) is 5.76. The summed E-state index contributed by atoms with van der Waals surface area (Å²) in [6, 6.07) is 1.18. The lowest BCUT2D eigenvalue weighted by molar-refractivity contribution is 0.0701. The maximum atomic E-state index is 13.5. The van der Waals surface area contributed by atoms with Crippen LogP contribution in [0.1, 0.15) is 16.2 Å². The van der Waals surface area contributed by atoms with Crippen LogP contribution in [0.2, 0.25) is 0 Å². The van der Waals surface area contributed by atoms with Crippen molar-refractivity contribution in [3.05, 3.63) is 47.8 Å². The van der Waals surface area contributed by atoms with Gasteiger partial charge in [-0.25, -0.2) is 14.4 Å². The van der Waals surface area contributed by atoms with E-state index < -0.39 is 17.7 Å². The summed E-state index contributed by atoms with van der Waals surface area (Å²) in [4.78, 5) is 20.9. The molecule has 1 aliphatic rings. The van der Waals surface area contributed by atoms with Gasteiger partial charge in [-0.1, -0.05) is 0 Å². The third kappa shape index (κ3) is 1.96. The topological polar surface area (TPSA) is 51.0 Å². The smallest absolute Gasteiger partial charge is 0.257 e. The molecule has 0 saturated carbocycles. The van der Waals surface area contributed by atoms with Gasteiger partial charge in [-0.3, -0.25) is 4.79 Å². The summed E-state index contributed by atoms with van der Waals surface area (Å²) in [5.41, 5.74) is -0.299. The van der Waals surface area contributed by atoms with Crippen LogP contribution in [0.4, 0.5) is 8.78 Å². The monoisotopic (exact) mass is 264 g/mol. The molecule has 3 heterocycles. The Hall–Kier alpha value is -2.31. The van der Waals surface area contributed by atoms with Crippen LogP contribution in [-0.2, 0) is 13.1 Å². The van der Waals surface area contributed by atoms with Gasteiger partial charge in [0.05, 0.1) is 12.1 Å². The molecule has 0 aromatic carbocycles. The fraction of sp³-hybridized carbons (Fsp3) is 0.250. The number of aromatic nitrogens is 3. The highest BCUT2D eigenvalue weighted by molar-refractivity contribution is 5.94. The van der Waals surface area contributed by atoms with Gasteiger partial charge in [0.1, 0.15) is 5.82 Å². The Morgan fingerprint density at radius 1 is 1.21 bits per heavy atom. The molecule has 0 bridgehead atoms. The minimum atomic E-state index is -1.26. The van der Waals surface area contributed by atoms with Crippen molar-refractivity contribution < 1.29 is 13.6 Å². The molecular formula is C12H10F2N4O. The number of imidazole rings is 1. The molecule has 98 valence electrons. The number of carbonyl (C=O) groups excluding carboxylic acids is 1. The number of amides is 1. The Morgan fingerprint density at radius 2 is 2.05 bits per heavy atom. The Kier molecular flexibility index (Phi) is 2.73. The van der Waals surface area contributed by atoms with E-state index in [-0.39, 0.29) is 12.1 Å². The summed E-state index contributed by atoms with van der Waals surface area (Å²) in [6.07, 6.45) is 4.55. The zero-order valence-electron chi connectivity index (χ0n) is 9.88. The van der Waals surface area contributed by atoms with E-state index in [4.69, 9.17) is 0 Å². The lowest BCUT2D eigenvalue weighted by atomic mass is 10.2. The molecule has 0 saturated heterocycles. The van der Waals surface area contributed by atoms with Crippen LogP contribution in [0, 0.1) is 11.8 Å². The van der Waals surface area contributed by atoms with Crippen LogP contribution in [-0.4, -0.2) is 31.9 Å². The van der Waals surface area contributed by atoms with E-state index in [1.165, 1.54) is 11.0 Å². The third-order valence-corrected chi connectivity index (χ3v) is 3.11. The van der Waals surface area contributed by atoms with Crippen LogP contribution in [0.5, 0.6) is 0 Å². The van der Waals surface area contributed by atoms with Gasteiger partial charge < -0.3 is 9.47 Å². The Balaban J connectivity index is 1.88. The van der Waals surface area contributed by atoms with Gasteiger partial charge >= 0.3 is 0 Å². The summed E-state index contributed by atoms with van der Waals surface area (Å²) < 4.78 is 28.5. The number of hydrogen-bond acceptors (Lipinski definition) is 3. The van der Waals surface area contributed by atoms with Gasteiger partial charge in [0, 0.05) is 31.7 Å². The molecule has 2 aromatic rings. The maximum Gasteiger partial charge on any atom is 0.257 e. The van der Waals surface area contributed by atoms with Gasteiger partial charge in [-0.15, -0.1) is 0 Å². The molecule has 0 fully saturated rings. The third-order valence-electron chi connectivity index (χ3n) is 3.11. The highest BCUT2D eigenvalue weighted by Gasteiger charge is 2.25. The average Bonchev–Trinajstić information content (AvgIpc) is 2.88. The van der Waals surface area contributed by atoms with Gasteiger partial charge in [-0.05, 0) is 6.07 Å².